The smallest absolute Gasteiger partial charge is 0.195 e. The van der Waals surface area contributed by atoms with E-state index >= 15 is 0 Å². The molecule has 6 heteroatoms. The summed E-state index contributed by atoms with van der Waals surface area (Å²) in [6, 6.07) is 10.3. The molecule has 0 aliphatic rings. The molecular weight excluding hydrogens is 318 g/mol. The molecule has 3 aromatic rings. The summed E-state index contributed by atoms with van der Waals surface area (Å²) < 4.78 is 4.15. The normalized spacial score (nSPS) is 11.1. The Morgan fingerprint density at radius 1 is 1.00 bits per heavy atom. The monoisotopic (exact) mass is 341 g/mol. The molecule has 24 heavy (non-hydrogen) atoms. The van der Waals surface area contributed by atoms with Crippen LogP contribution in [-0.2, 0) is 6.54 Å². The van der Waals surface area contributed by atoms with E-state index in [0.29, 0.717) is 0 Å². The molecule has 0 bridgehead atoms. The number of hydrogen-bond acceptors (Lipinski definition) is 4. The number of para-hydroxylation sites is 1. The molecule has 0 saturated carbocycles. The third-order valence-corrected chi connectivity index (χ3v) is 4.99. The minimum Gasteiger partial charge on any atom is -0.274 e. The van der Waals surface area contributed by atoms with Gasteiger partial charge in [-0.05, 0) is 44.4 Å². The van der Waals surface area contributed by atoms with Gasteiger partial charge in [-0.1, -0.05) is 36.4 Å². The molecule has 0 N–H and O–H groups in total. The van der Waals surface area contributed by atoms with Gasteiger partial charge in [0.05, 0.1) is 5.69 Å². The summed E-state index contributed by atoms with van der Waals surface area (Å²) in [6.45, 7) is 5.13. The van der Waals surface area contributed by atoms with Gasteiger partial charge >= 0.3 is 0 Å². The first-order valence-corrected chi connectivity index (χ1v) is 9.32. The minimum atomic E-state index is 0.936. The lowest BCUT2D eigenvalue weighted by Crippen LogP contribution is -2.02. The van der Waals surface area contributed by atoms with E-state index in [2.05, 4.69) is 51.1 Å². The van der Waals surface area contributed by atoms with E-state index in [-0.39, 0.29) is 0 Å². The van der Waals surface area contributed by atoms with Crippen molar-refractivity contribution in [3.63, 3.8) is 0 Å². The first-order valence-electron chi connectivity index (χ1n) is 8.34. The van der Waals surface area contributed by atoms with Crippen molar-refractivity contribution in [2.24, 2.45) is 0 Å². The van der Waals surface area contributed by atoms with Gasteiger partial charge in [-0.25, -0.2) is 0 Å². The molecule has 0 saturated heterocycles. The van der Waals surface area contributed by atoms with E-state index in [1.54, 1.807) is 11.8 Å². The second-order valence-corrected chi connectivity index (χ2v) is 6.89. The van der Waals surface area contributed by atoms with Gasteiger partial charge in [-0.3, -0.25) is 9.25 Å². The third kappa shape index (κ3) is 4.06. The minimum absolute atomic E-state index is 0.936. The van der Waals surface area contributed by atoms with Gasteiger partial charge in [0.15, 0.2) is 5.16 Å². The predicted octanol–water partition coefficient (Wildman–Crippen LogP) is 4.04. The van der Waals surface area contributed by atoms with Crippen molar-refractivity contribution < 1.29 is 0 Å². The van der Waals surface area contributed by atoms with E-state index < -0.39 is 0 Å². The van der Waals surface area contributed by atoms with Crippen LogP contribution in [0.25, 0.3) is 5.69 Å². The molecule has 2 heterocycles. The standard InChI is InChI=1S/C18H23N5S/c1-15-9-4-5-10-17(15)23-16(2)20-21-18(23)24-14-7-3-6-12-22-13-8-11-19-22/h4-5,8-11,13H,3,6-7,12,14H2,1-2H3. The Morgan fingerprint density at radius 2 is 1.88 bits per heavy atom. The molecule has 3 rings (SSSR count). The number of nitrogens with zero attached hydrogens (tertiary/aromatic N) is 5. The van der Waals surface area contributed by atoms with Crippen molar-refractivity contribution in [2.75, 3.05) is 5.75 Å². The summed E-state index contributed by atoms with van der Waals surface area (Å²) in [5.74, 6) is 1.99. The molecule has 0 radical (unpaired) electrons. The first kappa shape index (κ1) is 16.8. The number of benzene rings is 1. The van der Waals surface area contributed by atoms with Gasteiger partial charge in [0.1, 0.15) is 5.82 Å². The van der Waals surface area contributed by atoms with Crippen LogP contribution >= 0.6 is 11.8 Å². The van der Waals surface area contributed by atoms with Crippen molar-refractivity contribution in [3.05, 3.63) is 54.1 Å². The van der Waals surface area contributed by atoms with Crippen LogP contribution in [0.3, 0.4) is 0 Å². The number of aryl methyl sites for hydroxylation is 3. The predicted molar refractivity (Wildman–Crippen MR) is 97.6 cm³/mol. The second-order valence-electron chi connectivity index (χ2n) is 5.83. The largest absolute Gasteiger partial charge is 0.274 e. The van der Waals surface area contributed by atoms with Crippen LogP contribution in [0.5, 0.6) is 0 Å². The quantitative estimate of drug-likeness (QED) is 0.458. The highest BCUT2D eigenvalue weighted by molar-refractivity contribution is 7.99. The van der Waals surface area contributed by atoms with Crippen molar-refractivity contribution in [1.29, 1.82) is 0 Å². The molecule has 0 amide bonds. The zero-order valence-electron chi connectivity index (χ0n) is 14.2. The molecule has 0 aliphatic heterocycles. The maximum Gasteiger partial charge on any atom is 0.195 e. The maximum atomic E-state index is 4.35. The van der Waals surface area contributed by atoms with Gasteiger partial charge in [-0.15, -0.1) is 10.2 Å². The van der Waals surface area contributed by atoms with Gasteiger partial charge < -0.3 is 0 Å². The average molecular weight is 341 g/mol. The zero-order chi connectivity index (χ0) is 16.8. The molecular formula is C18H23N5S. The van der Waals surface area contributed by atoms with Crippen LogP contribution in [0.2, 0.25) is 0 Å². The van der Waals surface area contributed by atoms with Gasteiger partial charge in [0, 0.05) is 24.7 Å². The third-order valence-electron chi connectivity index (χ3n) is 3.97. The molecule has 5 nitrogen and oxygen atoms in total. The van der Waals surface area contributed by atoms with Crippen LogP contribution in [0.4, 0.5) is 0 Å². The van der Waals surface area contributed by atoms with Gasteiger partial charge in [0.25, 0.3) is 0 Å². The molecule has 2 aromatic heterocycles. The molecule has 0 spiro atoms. The number of thioether (sulfide) groups is 1. The fourth-order valence-electron chi connectivity index (χ4n) is 2.68. The second kappa shape index (κ2) is 8.15. The van der Waals surface area contributed by atoms with Crippen molar-refractivity contribution in [2.45, 2.75) is 44.8 Å². The molecule has 0 atom stereocenters. The Hall–Kier alpha value is -2.08. The van der Waals surface area contributed by atoms with E-state index in [9.17, 15) is 0 Å². The first-order chi connectivity index (χ1) is 11.8. The Morgan fingerprint density at radius 3 is 2.67 bits per heavy atom. The number of aromatic nitrogens is 5. The van der Waals surface area contributed by atoms with Crippen LogP contribution in [-0.4, -0.2) is 30.3 Å². The maximum absolute atomic E-state index is 4.35. The van der Waals surface area contributed by atoms with E-state index in [4.69, 9.17) is 0 Å². The summed E-state index contributed by atoms with van der Waals surface area (Å²) in [5, 5.41) is 13.8. The van der Waals surface area contributed by atoms with Crippen molar-refractivity contribution in [3.8, 4) is 5.69 Å². The highest BCUT2D eigenvalue weighted by atomic mass is 32.2. The van der Waals surface area contributed by atoms with Crippen LogP contribution in [0.1, 0.15) is 30.7 Å². The van der Waals surface area contributed by atoms with Crippen LogP contribution in [0.15, 0.2) is 47.9 Å². The van der Waals surface area contributed by atoms with Gasteiger partial charge in [0.2, 0.25) is 0 Å². The molecule has 1 aromatic carbocycles. The molecule has 0 fully saturated rings. The van der Waals surface area contributed by atoms with E-state index in [0.717, 1.165) is 29.7 Å². The zero-order valence-corrected chi connectivity index (χ0v) is 15.0. The highest BCUT2D eigenvalue weighted by Gasteiger charge is 2.12. The average Bonchev–Trinajstić information content (AvgIpc) is 3.22. The number of rotatable bonds is 8. The lowest BCUT2D eigenvalue weighted by Gasteiger charge is -2.11. The summed E-state index contributed by atoms with van der Waals surface area (Å²) in [4.78, 5) is 0. The Kier molecular flexibility index (Phi) is 5.69. The van der Waals surface area contributed by atoms with Crippen LogP contribution < -0.4 is 0 Å². The Labute approximate surface area is 147 Å². The summed E-state index contributed by atoms with van der Waals surface area (Å²) >= 11 is 1.79. The summed E-state index contributed by atoms with van der Waals surface area (Å²) in [7, 11) is 0. The van der Waals surface area contributed by atoms with Gasteiger partial charge in [-0.2, -0.15) is 5.10 Å². The lowest BCUT2D eigenvalue weighted by molar-refractivity contribution is 0.554. The lowest BCUT2D eigenvalue weighted by atomic mass is 10.2. The highest BCUT2D eigenvalue weighted by Crippen LogP contribution is 2.24. The fourth-order valence-corrected chi connectivity index (χ4v) is 3.67. The van der Waals surface area contributed by atoms with E-state index in [1.807, 2.05) is 30.1 Å². The SMILES string of the molecule is Cc1ccccc1-n1c(C)nnc1SCCCCCn1cccn1. The van der Waals surface area contributed by atoms with Crippen LogP contribution in [0, 0.1) is 13.8 Å². The molecule has 0 aliphatic carbocycles. The van der Waals surface area contributed by atoms with Crippen molar-refractivity contribution in [1.82, 2.24) is 24.5 Å². The molecule has 126 valence electrons. The topological polar surface area (TPSA) is 48.5 Å². The summed E-state index contributed by atoms with van der Waals surface area (Å²) in [5.41, 5.74) is 2.41. The summed E-state index contributed by atoms with van der Waals surface area (Å²) in [6.07, 6.45) is 7.38. The Balaban J connectivity index is 1.52. The van der Waals surface area contributed by atoms with Crippen molar-refractivity contribution >= 4 is 11.8 Å². The molecule has 0 unspecified atom stereocenters. The van der Waals surface area contributed by atoms with E-state index in [1.165, 1.54) is 24.1 Å². The Bertz CT molecular complexity index is 764. The number of unbranched alkanes of at least 4 members (excludes halogenated alkanes) is 2. The fraction of sp³-hybridized carbons (Fsp3) is 0.389. The number of hydrogen-bond donors (Lipinski definition) is 0.